The van der Waals surface area contributed by atoms with Crippen molar-refractivity contribution in [2.45, 2.75) is 0 Å². The highest BCUT2D eigenvalue weighted by atomic mass is 15.1. The van der Waals surface area contributed by atoms with Crippen molar-refractivity contribution < 1.29 is 0 Å². The Morgan fingerprint density at radius 3 is 1.51 bits per heavy atom. The van der Waals surface area contributed by atoms with Crippen LogP contribution in [0.25, 0.3) is 55.3 Å². The SMILES string of the molecule is c1ccc(-c2ccccc2-c2ccccc2N(c2ccccc2)c2ccccc2-c2cccc(-c3cccc4ccccc34)c2)cc1. The van der Waals surface area contributed by atoms with Gasteiger partial charge < -0.3 is 4.90 Å². The molecule has 0 aliphatic carbocycles. The van der Waals surface area contributed by atoms with Crippen molar-refractivity contribution in [1.29, 1.82) is 0 Å². The quantitative estimate of drug-likeness (QED) is 0.176. The van der Waals surface area contributed by atoms with E-state index in [9.17, 15) is 0 Å². The maximum Gasteiger partial charge on any atom is 0.0540 e. The fourth-order valence-corrected chi connectivity index (χ4v) is 6.71. The highest BCUT2D eigenvalue weighted by molar-refractivity contribution is 5.99. The minimum absolute atomic E-state index is 1.11. The van der Waals surface area contributed by atoms with Gasteiger partial charge >= 0.3 is 0 Å². The number of rotatable bonds is 7. The summed E-state index contributed by atoms with van der Waals surface area (Å²) in [7, 11) is 0. The summed E-state index contributed by atoms with van der Waals surface area (Å²) in [6.07, 6.45) is 0. The van der Waals surface area contributed by atoms with E-state index in [4.69, 9.17) is 0 Å². The Balaban J connectivity index is 1.32. The molecule has 0 heterocycles. The first-order valence-electron chi connectivity index (χ1n) is 16.1. The van der Waals surface area contributed by atoms with Crippen molar-refractivity contribution in [3.05, 3.63) is 200 Å². The first kappa shape index (κ1) is 28.3. The molecular weight excluding hydrogens is 567 g/mol. The molecule has 0 atom stereocenters. The molecule has 0 aromatic heterocycles. The Morgan fingerprint density at radius 2 is 0.745 bits per heavy atom. The van der Waals surface area contributed by atoms with Crippen LogP contribution < -0.4 is 4.90 Å². The van der Waals surface area contributed by atoms with Crippen LogP contribution in [-0.4, -0.2) is 0 Å². The van der Waals surface area contributed by atoms with Gasteiger partial charge in [0.15, 0.2) is 0 Å². The Hall–Kier alpha value is -6.18. The number of hydrogen-bond acceptors (Lipinski definition) is 1. The number of para-hydroxylation sites is 3. The third-order valence-corrected chi connectivity index (χ3v) is 8.88. The van der Waals surface area contributed by atoms with E-state index >= 15 is 0 Å². The summed E-state index contributed by atoms with van der Waals surface area (Å²) in [5, 5.41) is 2.51. The van der Waals surface area contributed by atoms with Crippen molar-refractivity contribution in [2.24, 2.45) is 0 Å². The van der Waals surface area contributed by atoms with Crippen molar-refractivity contribution in [3.8, 4) is 44.5 Å². The molecule has 0 spiro atoms. The molecule has 47 heavy (non-hydrogen) atoms. The highest BCUT2D eigenvalue weighted by Crippen LogP contribution is 2.46. The maximum atomic E-state index is 2.41. The second-order valence-electron chi connectivity index (χ2n) is 11.7. The molecule has 0 aliphatic rings. The lowest BCUT2D eigenvalue weighted by molar-refractivity contribution is 1.28. The predicted octanol–water partition coefficient (Wildman–Crippen LogP) is 13.0. The van der Waals surface area contributed by atoms with E-state index in [0.29, 0.717) is 0 Å². The van der Waals surface area contributed by atoms with Gasteiger partial charge in [0.1, 0.15) is 0 Å². The molecule has 0 fully saturated rings. The van der Waals surface area contributed by atoms with Crippen LogP contribution in [0.1, 0.15) is 0 Å². The second kappa shape index (κ2) is 12.7. The summed E-state index contributed by atoms with van der Waals surface area (Å²) >= 11 is 0. The zero-order valence-electron chi connectivity index (χ0n) is 26.0. The van der Waals surface area contributed by atoms with Crippen molar-refractivity contribution in [3.63, 3.8) is 0 Å². The normalized spacial score (nSPS) is 11.0. The molecule has 0 unspecified atom stereocenters. The fraction of sp³-hybridized carbons (Fsp3) is 0. The molecule has 0 aliphatic heterocycles. The first-order chi connectivity index (χ1) is 23.3. The minimum atomic E-state index is 1.11. The van der Waals surface area contributed by atoms with Gasteiger partial charge in [0.2, 0.25) is 0 Å². The van der Waals surface area contributed by atoms with Gasteiger partial charge in [-0.15, -0.1) is 0 Å². The molecular formula is C46H33N. The molecule has 0 saturated carbocycles. The Bertz CT molecular complexity index is 2300. The van der Waals surface area contributed by atoms with Crippen LogP contribution in [0.3, 0.4) is 0 Å². The topological polar surface area (TPSA) is 3.24 Å². The van der Waals surface area contributed by atoms with Crippen LogP contribution in [-0.2, 0) is 0 Å². The average Bonchev–Trinajstić information content (AvgIpc) is 3.16. The molecule has 8 aromatic carbocycles. The number of nitrogens with zero attached hydrogens (tertiary/aromatic N) is 1. The molecule has 0 bridgehead atoms. The van der Waals surface area contributed by atoms with Gasteiger partial charge in [0.05, 0.1) is 11.4 Å². The van der Waals surface area contributed by atoms with E-state index < -0.39 is 0 Å². The summed E-state index contributed by atoms with van der Waals surface area (Å²) in [5.41, 5.74) is 12.9. The van der Waals surface area contributed by atoms with Crippen LogP contribution in [0.5, 0.6) is 0 Å². The van der Waals surface area contributed by atoms with E-state index in [0.717, 1.165) is 17.1 Å². The Labute approximate surface area is 276 Å². The molecule has 222 valence electrons. The van der Waals surface area contributed by atoms with Crippen LogP contribution in [0.4, 0.5) is 17.1 Å². The zero-order valence-corrected chi connectivity index (χ0v) is 26.0. The lowest BCUT2D eigenvalue weighted by Gasteiger charge is -2.30. The minimum Gasteiger partial charge on any atom is -0.309 e. The third-order valence-electron chi connectivity index (χ3n) is 8.88. The van der Waals surface area contributed by atoms with Crippen LogP contribution in [0, 0.1) is 0 Å². The van der Waals surface area contributed by atoms with Crippen LogP contribution >= 0.6 is 0 Å². The molecule has 0 radical (unpaired) electrons. The van der Waals surface area contributed by atoms with Crippen molar-refractivity contribution >= 4 is 27.8 Å². The Morgan fingerprint density at radius 1 is 0.277 bits per heavy atom. The predicted molar refractivity (Wildman–Crippen MR) is 200 cm³/mol. The lowest BCUT2D eigenvalue weighted by Crippen LogP contribution is -2.12. The standard InChI is InChI=1S/C46H33N/c1-3-17-34(18-4-1)40-26-9-10-28-43(40)44-29-12-14-32-46(44)47(38-23-5-2-6-24-38)45-31-13-11-27-42(45)37-22-15-21-36(33-37)41-30-16-20-35-19-7-8-25-39(35)41/h1-33H. The molecule has 1 heteroatoms. The summed E-state index contributed by atoms with van der Waals surface area (Å²) in [5.74, 6) is 0. The summed E-state index contributed by atoms with van der Waals surface area (Å²) < 4.78 is 0. The molecule has 1 nitrogen and oxygen atoms in total. The van der Waals surface area contributed by atoms with E-state index in [1.165, 1.54) is 55.3 Å². The van der Waals surface area contributed by atoms with Crippen molar-refractivity contribution in [1.82, 2.24) is 0 Å². The highest BCUT2D eigenvalue weighted by Gasteiger charge is 2.21. The van der Waals surface area contributed by atoms with E-state index in [1.54, 1.807) is 0 Å². The monoisotopic (exact) mass is 599 g/mol. The van der Waals surface area contributed by atoms with Gasteiger partial charge in [-0.25, -0.2) is 0 Å². The van der Waals surface area contributed by atoms with Crippen LogP contribution in [0.2, 0.25) is 0 Å². The van der Waals surface area contributed by atoms with E-state index in [-0.39, 0.29) is 0 Å². The van der Waals surface area contributed by atoms with Gasteiger partial charge in [-0.1, -0.05) is 170 Å². The fourth-order valence-electron chi connectivity index (χ4n) is 6.71. The van der Waals surface area contributed by atoms with E-state index in [1.807, 2.05) is 0 Å². The second-order valence-corrected chi connectivity index (χ2v) is 11.7. The van der Waals surface area contributed by atoms with E-state index in [2.05, 4.69) is 205 Å². The summed E-state index contributed by atoms with van der Waals surface area (Å²) in [6, 6.07) is 71.8. The molecule has 0 N–H and O–H groups in total. The van der Waals surface area contributed by atoms with Gasteiger partial charge in [0.25, 0.3) is 0 Å². The summed E-state index contributed by atoms with van der Waals surface area (Å²) in [4.78, 5) is 2.41. The zero-order chi connectivity index (χ0) is 31.4. The molecule has 8 aromatic rings. The third kappa shape index (κ3) is 5.49. The number of hydrogen-bond donors (Lipinski definition) is 0. The van der Waals surface area contributed by atoms with Gasteiger partial charge in [-0.3, -0.25) is 0 Å². The van der Waals surface area contributed by atoms with Crippen LogP contribution in [0.15, 0.2) is 200 Å². The maximum absolute atomic E-state index is 2.41. The van der Waals surface area contributed by atoms with Gasteiger partial charge in [-0.2, -0.15) is 0 Å². The number of anilines is 3. The van der Waals surface area contributed by atoms with Crippen molar-refractivity contribution in [2.75, 3.05) is 4.90 Å². The molecule has 8 rings (SSSR count). The largest absolute Gasteiger partial charge is 0.309 e. The smallest absolute Gasteiger partial charge is 0.0540 e. The lowest BCUT2D eigenvalue weighted by atomic mass is 9.92. The first-order valence-corrected chi connectivity index (χ1v) is 16.1. The van der Waals surface area contributed by atoms with Gasteiger partial charge in [-0.05, 0) is 74.5 Å². The molecule has 0 amide bonds. The molecule has 0 saturated heterocycles. The average molecular weight is 600 g/mol. The number of fused-ring (bicyclic) bond motifs is 1. The Kier molecular flexibility index (Phi) is 7.63. The van der Waals surface area contributed by atoms with Gasteiger partial charge in [0, 0.05) is 16.8 Å². The number of benzene rings is 8. The summed E-state index contributed by atoms with van der Waals surface area (Å²) in [6.45, 7) is 0.